The second-order valence-electron chi connectivity index (χ2n) is 4.47. The Hall–Kier alpha value is -0.540. The molecule has 1 aromatic heterocycles. The smallest absolute Gasteiger partial charge is 0.131 e. The summed E-state index contributed by atoms with van der Waals surface area (Å²) in [7, 11) is 1.88. The summed E-state index contributed by atoms with van der Waals surface area (Å²) >= 11 is 6.20. The summed E-state index contributed by atoms with van der Waals surface area (Å²) in [5.74, 6) is 0.410. The van der Waals surface area contributed by atoms with Crippen molar-refractivity contribution in [3.05, 3.63) is 16.4 Å². The van der Waals surface area contributed by atoms with Crippen LogP contribution >= 0.6 is 11.6 Å². The molecule has 1 aromatic rings. The molecule has 0 saturated heterocycles. The van der Waals surface area contributed by atoms with Crippen molar-refractivity contribution in [2.24, 2.45) is 7.05 Å². The fourth-order valence-electron chi connectivity index (χ4n) is 1.50. The molecule has 15 heavy (non-hydrogen) atoms. The zero-order valence-electron chi connectivity index (χ0n) is 10.1. The zero-order chi connectivity index (χ0) is 11.6. The van der Waals surface area contributed by atoms with Crippen LogP contribution in [0.15, 0.2) is 0 Å². The summed E-state index contributed by atoms with van der Waals surface area (Å²) in [6.07, 6.45) is 0. The molecule has 0 aromatic carbocycles. The predicted octanol–water partition coefficient (Wildman–Crippen LogP) is 2.69. The molecule has 1 heterocycles. The number of nitrogens with one attached hydrogen (secondary N) is 1. The van der Waals surface area contributed by atoms with Crippen LogP contribution in [0.1, 0.15) is 44.9 Å². The van der Waals surface area contributed by atoms with E-state index < -0.39 is 0 Å². The topological polar surface area (TPSA) is 29.9 Å². The minimum atomic E-state index is 0.410. The number of hydrogen-bond donors (Lipinski definition) is 1. The van der Waals surface area contributed by atoms with Crippen molar-refractivity contribution in [1.29, 1.82) is 0 Å². The van der Waals surface area contributed by atoms with Crippen LogP contribution in [0.4, 0.5) is 0 Å². The van der Waals surface area contributed by atoms with Gasteiger partial charge in [0.2, 0.25) is 0 Å². The van der Waals surface area contributed by atoms with Crippen molar-refractivity contribution in [2.45, 2.75) is 46.2 Å². The summed E-state index contributed by atoms with van der Waals surface area (Å²) in [5, 5.41) is 8.55. The van der Waals surface area contributed by atoms with Gasteiger partial charge in [-0.05, 0) is 5.92 Å². The third-order valence-electron chi connectivity index (χ3n) is 2.33. The zero-order valence-corrected chi connectivity index (χ0v) is 10.9. The van der Waals surface area contributed by atoms with Gasteiger partial charge in [0.15, 0.2) is 0 Å². The molecule has 0 bridgehead atoms. The van der Waals surface area contributed by atoms with Gasteiger partial charge in [0.05, 0.1) is 5.69 Å². The highest BCUT2D eigenvalue weighted by Crippen LogP contribution is 2.24. The highest BCUT2D eigenvalue weighted by molar-refractivity contribution is 6.30. The number of aromatic nitrogens is 2. The van der Waals surface area contributed by atoms with Gasteiger partial charge in [0.1, 0.15) is 5.15 Å². The number of rotatable bonds is 4. The number of aryl methyl sites for hydroxylation is 1. The van der Waals surface area contributed by atoms with Crippen molar-refractivity contribution in [1.82, 2.24) is 15.1 Å². The van der Waals surface area contributed by atoms with Crippen LogP contribution in [0, 0.1) is 0 Å². The van der Waals surface area contributed by atoms with Gasteiger partial charge < -0.3 is 5.32 Å². The highest BCUT2D eigenvalue weighted by Gasteiger charge is 2.16. The lowest BCUT2D eigenvalue weighted by molar-refractivity contribution is 0.584. The molecule has 0 aliphatic rings. The van der Waals surface area contributed by atoms with Gasteiger partial charge in [0, 0.05) is 25.2 Å². The first-order valence-electron chi connectivity index (χ1n) is 5.38. The fourth-order valence-corrected chi connectivity index (χ4v) is 1.70. The number of halogens is 1. The molecular formula is C11H20ClN3. The van der Waals surface area contributed by atoms with Crippen LogP contribution in [0.5, 0.6) is 0 Å². The van der Waals surface area contributed by atoms with Gasteiger partial charge >= 0.3 is 0 Å². The van der Waals surface area contributed by atoms with Crippen LogP contribution in [0.2, 0.25) is 5.15 Å². The number of nitrogens with zero attached hydrogens (tertiary/aromatic N) is 2. The van der Waals surface area contributed by atoms with Crippen molar-refractivity contribution < 1.29 is 0 Å². The molecule has 1 N–H and O–H groups in total. The highest BCUT2D eigenvalue weighted by atomic mass is 35.5. The monoisotopic (exact) mass is 229 g/mol. The lowest BCUT2D eigenvalue weighted by atomic mass is 10.1. The van der Waals surface area contributed by atoms with Crippen LogP contribution in [-0.2, 0) is 13.6 Å². The lowest BCUT2D eigenvalue weighted by Crippen LogP contribution is -2.22. The van der Waals surface area contributed by atoms with E-state index in [9.17, 15) is 0 Å². The summed E-state index contributed by atoms with van der Waals surface area (Å²) in [6.45, 7) is 9.31. The standard InChI is InChI=1S/C11H20ClN3/c1-7(2)10-9(6-13-8(3)4)11(12)15(5)14-10/h7-8,13H,6H2,1-5H3. The molecule has 0 aliphatic heterocycles. The Morgan fingerprint density at radius 3 is 2.40 bits per heavy atom. The van der Waals surface area contributed by atoms with Gasteiger partial charge in [-0.2, -0.15) is 5.10 Å². The minimum Gasteiger partial charge on any atom is -0.310 e. The second kappa shape index (κ2) is 4.99. The maximum absolute atomic E-state index is 6.20. The summed E-state index contributed by atoms with van der Waals surface area (Å²) < 4.78 is 1.74. The molecule has 1 rings (SSSR count). The van der Waals surface area contributed by atoms with Crippen LogP contribution in [0.25, 0.3) is 0 Å². The molecule has 0 fully saturated rings. The van der Waals surface area contributed by atoms with E-state index in [-0.39, 0.29) is 0 Å². The molecular weight excluding hydrogens is 210 g/mol. The Kier molecular flexibility index (Phi) is 4.17. The third kappa shape index (κ3) is 2.95. The Morgan fingerprint density at radius 1 is 1.33 bits per heavy atom. The average Bonchev–Trinajstić information content (AvgIpc) is 2.41. The molecule has 0 amide bonds. The van der Waals surface area contributed by atoms with E-state index in [1.165, 1.54) is 0 Å². The molecule has 0 aliphatic carbocycles. The summed E-state index contributed by atoms with van der Waals surface area (Å²) in [4.78, 5) is 0. The van der Waals surface area contributed by atoms with Crippen LogP contribution < -0.4 is 5.32 Å². The molecule has 0 atom stereocenters. The molecule has 0 unspecified atom stereocenters. The summed E-state index contributed by atoms with van der Waals surface area (Å²) in [5.41, 5.74) is 2.22. The first-order chi connectivity index (χ1) is 6.93. The average molecular weight is 230 g/mol. The molecule has 3 nitrogen and oxygen atoms in total. The fraction of sp³-hybridized carbons (Fsp3) is 0.727. The molecule has 4 heteroatoms. The maximum atomic E-state index is 6.20. The Balaban J connectivity index is 2.92. The number of hydrogen-bond acceptors (Lipinski definition) is 2. The Morgan fingerprint density at radius 2 is 1.93 bits per heavy atom. The minimum absolute atomic E-state index is 0.410. The first-order valence-corrected chi connectivity index (χ1v) is 5.76. The molecule has 0 spiro atoms. The largest absolute Gasteiger partial charge is 0.310 e. The lowest BCUT2D eigenvalue weighted by Gasteiger charge is -2.09. The van der Waals surface area contributed by atoms with E-state index >= 15 is 0 Å². The molecule has 0 saturated carbocycles. The van der Waals surface area contributed by atoms with Crippen molar-refractivity contribution >= 4 is 11.6 Å². The molecule has 86 valence electrons. The maximum Gasteiger partial charge on any atom is 0.131 e. The van der Waals surface area contributed by atoms with E-state index in [1.807, 2.05) is 7.05 Å². The molecule has 0 radical (unpaired) electrons. The van der Waals surface area contributed by atoms with Crippen molar-refractivity contribution in [3.63, 3.8) is 0 Å². The van der Waals surface area contributed by atoms with E-state index in [4.69, 9.17) is 11.6 Å². The van der Waals surface area contributed by atoms with Gasteiger partial charge in [-0.15, -0.1) is 0 Å². The van der Waals surface area contributed by atoms with Gasteiger partial charge in [-0.1, -0.05) is 39.3 Å². The second-order valence-corrected chi connectivity index (χ2v) is 4.83. The summed E-state index contributed by atoms with van der Waals surface area (Å²) in [6, 6.07) is 0.460. The van der Waals surface area contributed by atoms with Crippen LogP contribution in [0.3, 0.4) is 0 Å². The van der Waals surface area contributed by atoms with Gasteiger partial charge in [-0.3, -0.25) is 4.68 Å². The van der Waals surface area contributed by atoms with Gasteiger partial charge in [0.25, 0.3) is 0 Å². The van der Waals surface area contributed by atoms with E-state index in [2.05, 4.69) is 38.1 Å². The van der Waals surface area contributed by atoms with E-state index in [0.29, 0.717) is 12.0 Å². The Labute approximate surface area is 96.8 Å². The van der Waals surface area contributed by atoms with E-state index in [0.717, 1.165) is 23.0 Å². The first kappa shape index (κ1) is 12.5. The SMILES string of the molecule is CC(C)NCc1c(C(C)C)nn(C)c1Cl. The third-order valence-corrected chi connectivity index (χ3v) is 2.81. The van der Waals surface area contributed by atoms with Crippen molar-refractivity contribution in [3.8, 4) is 0 Å². The quantitative estimate of drug-likeness (QED) is 0.861. The van der Waals surface area contributed by atoms with Crippen molar-refractivity contribution in [2.75, 3.05) is 0 Å². The van der Waals surface area contributed by atoms with E-state index in [1.54, 1.807) is 4.68 Å². The predicted molar refractivity (Wildman–Crippen MR) is 64.3 cm³/mol. The normalized spacial score (nSPS) is 11.7. The van der Waals surface area contributed by atoms with Gasteiger partial charge in [-0.25, -0.2) is 0 Å². The Bertz CT molecular complexity index is 329. The van der Waals surface area contributed by atoms with Crippen LogP contribution in [-0.4, -0.2) is 15.8 Å².